The largest absolute Gasteiger partial charge is 0.396 e. The molecule has 6 aliphatic rings. The molecular formula is C39H66O14. The first kappa shape index (κ1) is 41.8. The fourth-order valence-electron chi connectivity index (χ4n) is 11.6. The maximum absolute atomic E-state index is 11.6. The molecule has 0 unspecified atom stereocenters. The molecule has 6 rings (SSSR count). The summed E-state index contributed by atoms with van der Waals surface area (Å²) >= 11 is 0. The van der Waals surface area contributed by atoms with E-state index in [2.05, 4.69) is 26.8 Å². The SMILES string of the molecule is C[C@@H](CO)CC[C@@H](O)[C@@H](C)[C@H]1[C@@H](O)C[C@H]2[C@@H]3CC=C4C[C@@H](O[C@@H]5O[C@H](CO)[C@@H](O)[C@H](O)[C@H]5O[C@@H]5O[C@@H](CO)[C@H](O)[C@@H](O)[C@H]5O)CC[C@]4(C)[C@H]3CC[C@]12C. The number of allylic oxidation sites excluding steroid dienone is 1. The van der Waals surface area contributed by atoms with Crippen LogP contribution in [0.15, 0.2) is 11.6 Å². The molecule has 2 saturated heterocycles. The fraction of sp³-hybridized carbons (Fsp3) is 0.949. The molecular weight excluding hydrogens is 692 g/mol. The van der Waals surface area contributed by atoms with E-state index >= 15 is 0 Å². The van der Waals surface area contributed by atoms with Gasteiger partial charge in [-0.25, -0.2) is 0 Å². The lowest BCUT2D eigenvalue weighted by Gasteiger charge is -2.58. The van der Waals surface area contributed by atoms with Crippen molar-refractivity contribution in [1.82, 2.24) is 0 Å². The smallest absolute Gasteiger partial charge is 0.187 e. The minimum atomic E-state index is -1.74. The molecule has 2 heterocycles. The molecule has 2 aliphatic heterocycles. The Morgan fingerprint density at radius 2 is 1.45 bits per heavy atom. The summed E-state index contributed by atoms with van der Waals surface area (Å²) in [5.41, 5.74) is 1.12. The molecule has 0 aromatic heterocycles. The standard InChI is InChI=1S/C39H66O14/c1-18(15-40)5-8-25(43)19(2)29-26(44)14-24-22-7-6-20-13-21(9-11-38(20,3)23(22)10-12-39(24,29)4)50-37-35(33(48)31(46)28(17-42)52-37)53-36-34(49)32(47)30(45)27(16-41)51-36/h6,18-19,21-37,40-49H,5,7-17H2,1-4H3/t18-,19-,21+,22-,23+,24+,25-,26+,27+,28-,29+,30+,31-,32-,33+,34-,35-,36+,37-,38+,39+/m1/s1. The molecule has 0 aromatic rings. The zero-order chi connectivity index (χ0) is 38.6. The predicted octanol–water partition coefficient (Wildman–Crippen LogP) is -0.0489. The zero-order valence-electron chi connectivity index (χ0n) is 31.6. The third kappa shape index (κ3) is 7.65. The molecule has 10 N–H and O–H groups in total. The molecule has 0 spiro atoms. The van der Waals surface area contributed by atoms with Crippen molar-refractivity contribution in [3.05, 3.63) is 11.6 Å². The van der Waals surface area contributed by atoms with Gasteiger partial charge in [-0.05, 0) is 104 Å². The van der Waals surface area contributed by atoms with Crippen molar-refractivity contribution in [3.63, 3.8) is 0 Å². The van der Waals surface area contributed by atoms with E-state index in [4.69, 9.17) is 18.9 Å². The van der Waals surface area contributed by atoms with Gasteiger partial charge in [-0.2, -0.15) is 0 Å². The van der Waals surface area contributed by atoms with Crippen LogP contribution < -0.4 is 0 Å². The third-order valence-electron chi connectivity index (χ3n) is 14.9. The highest BCUT2D eigenvalue weighted by atomic mass is 16.8. The Balaban J connectivity index is 1.15. The Kier molecular flexibility index (Phi) is 13.1. The monoisotopic (exact) mass is 758 g/mol. The molecule has 0 amide bonds. The van der Waals surface area contributed by atoms with Crippen molar-refractivity contribution in [3.8, 4) is 0 Å². The number of ether oxygens (including phenoxy) is 4. The lowest BCUT2D eigenvalue weighted by molar-refractivity contribution is -0.372. The van der Waals surface area contributed by atoms with Crippen LogP contribution in [-0.2, 0) is 18.9 Å². The molecule has 4 aliphatic carbocycles. The average Bonchev–Trinajstić information content (AvgIpc) is 3.42. The van der Waals surface area contributed by atoms with Crippen molar-refractivity contribution in [1.29, 1.82) is 0 Å². The van der Waals surface area contributed by atoms with Crippen molar-refractivity contribution in [2.24, 2.45) is 46.3 Å². The van der Waals surface area contributed by atoms with Gasteiger partial charge in [-0.1, -0.05) is 39.3 Å². The minimum Gasteiger partial charge on any atom is -0.396 e. The van der Waals surface area contributed by atoms with Gasteiger partial charge in [0.2, 0.25) is 0 Å². The summed E-state index contributed by atoms with van der Waals surface area (Å²) in [6.45, 7) is 7.57. The summed E-state index contributed by atoms with van der Waals surface area (Å²) in [5, 5.41) is 105. The van der Waals surface area contributed by atoms with Crippen LogP contribution in [0.1, 0.15) is 85.5 Å². The molecule has 3 saturated carbocycles. The van der Waals surface area contributed by atoms with Gasteiger partial charge in [-0.15, -0.1) is 0 Å². The van der Waals surface area contributed by atoms with Gasteiger partial charge in [0, 0.05) is 6.61 Å². The maximum atomic E-state index is 11.6. The van der Waals surface area contributed by atoms with Crippen LogP contribution in [0, 0.1) is 46.3 Å². The van der Waals surface area contributed by atoms with Gasteiger partial charge in [0.25, 0.3) is 0 Å². The molecule has 5 fully saturated rings. The van der Waals surface area contributed by atoms with Crippen molar-refractivity contribution in [2.75, 3.05) is 19.8 Å². The Morgan fingerprint density at radius 1 is 0.792 bits per heavy atom. The van der Waals surface area contributed by atoms with Crippen molar-refractivity contribution in [2.45, 2.75) is 165 Å². The topological polar surface area (TPSA) is 239 Å². The second kappa shape index (κ2) is 16.6. The molecule has 0 radical (unpaired) electrons. The first-order valence-electron chi connectivity index (χ1n) is 20.0. The highest BCUT2D eigenvalue weighted by Crippen LogP contribution is 2.67. The van der Waals surface area contributed by atoms with Gasteiger partial charge >= 0.3 is 0 Å². The Labute approximate surface area is 312 Å². The van der Waals surface area contributed by atoms with E-state index in [1.807, 2.05) is 6.92 Å². The number of aliphatic hydroxyl groups is 10. The van der Waals surface area contributed by atoms with Gasteiger partial charge in [0.1, 0.15) is 48.8 Å². The average molecular weight is 759 g/mol. The predicted molar refractivity (Wildman–Crippen MR) is 189 cm³/mol. The number of hydrogen-bond acceptors (Lipinski definition) is 14. The molecule has 306 valence electrons. The molecule has 14 heteroatoms. The van der Waals surface area contributed by atoms with Crippen LogP contribution in [-0.4, -0.2) is 151 Å². The second-order valence-electron chi connectivity index (χ2n) is 17.9. The first-order valence-corrected chi connectivity index (χ1v) is 20.0. The number of aliphatic hydroxyl groups excluding tert-OH is 10. The highest BCUT2D eigenvalue weighted by Gasteiger charge is 2.62. The van der Waals surface area contributed by atoms with Crippen LogP contribution in [0.4, 0.5) is 0 Å². The Morgan fingerprint density at radius 3 is 2.11 bits per heavy atom. The molecule has 14 nitrogen and oxygen atoms in total. The third-order valence-corrected chi connectivity index (χ3v) is 14.9. The van der Waals surface area contributed by atoms with Gasteiger partial charge in [-0.3, -0.25) is 0 Å². The van der Waals surface area contributed by atoms with Crippen LogP contribution in [0.2, 0.25) is 0 Å². The first-order chi connectivity index (χ1) is 25.1. The van der Waals surface area contributed by atoms with E-state index in [-0.39, 0.29) is 41.3 Å². The quantitative estimate of drug-likeness (QED) is 0.118. The van der Waals surface area contributed by atoms with Crippen LogP contribution >= 0.6 is 0 Å². The van der Waals surface area contributed by atoms with E-state index < -0.39 is 86.8 Å². The van der Waals surface area contributed by atoms with E-state index in [0.29, 0.717) is 37.0 Å². The van der Waals surface area contributed by atoms with Gasteiger partial charge in [0.05, 0.1) is 31.5 Å². The van der Waals surface area contributed by atoms with Crippen LogP contribution in [0.3, 0.4) is 0 Å². The summed E-state index contributed by atoms with van der Waals surface area (Å²) in [7, 11) is 0. The molecule has 53 heavy (non-hydrogen) atoms. The summed E-state index contributed by atoms with van der Waals surface area (Å²) in [6.07, 6.45) is -6.95. The summed E-state index contributed by atoms with van der Waals surface area (Å²) < 4.78 is 23.8. The Hall–Kier alpha value is -0.820. The Bertz CT molecular complexity index is 1250. The maximum Gasteiger partial charge on any atom is 0.187 e. The fourth-order valence-corrected chi connectivity index (χ4v) is 11.6. The summed E-state index contributed by atoms with van der Waals surface area (Å²) in [6, 6.07) is 0. The molecule has 21 atom stereocenters. The summed E-state index contributed by atoms with van der Waals surface area (Å²) in [5.74, 6) is 1.23. The van der Waals surface area contributed by atoms with E-state index in [0.717, 1.165) is 38.5 Å². The second-order valence-corrected chi connectivity index (χ2v) is 17.9. The molecule has 0 aromatic carbocycles. The number of fused-ring (bicyclic) bond motifs is 5. The lowest BCUT2D eigenvalue weighted by Crippen LogP contribution is -2.65. The normalized spacial score (nSPS) is 50.3. The van der Waals surface area contributed by atoms with Gasteiger partial charge < -0.3 is 70.0 Å². The molecule has 0 bridgehead atoms. The zero-order valence-corrected chi connectivity index (χ0v) is 31.6. The van der Waals surface area contributed by atoms with E-state index in [1.165, 1.54) is 5.57 Å². The minimum absolute atomic E-state index is 0.000420. The van der Waals surface area contributed by atoms with Crippen molar-refractivity contribution >= 4 is 0 Å². The van der Waals surface area contributed by atoms with Crippen LogP contribution in [0.25, 0.3) is 0 Å². The van der Waals surface area contributed by atoms with E-state index in [9.17, 15) is 51.1 Å². The van der Waals surface area contributed by atoms with E-state index in [1.54, 1.807) is 0 Å². The van der Waals surface area contributed by atoms with Crippen LogP contribution in [0.5, 0.6) is 0 Å². The van der Waals surface area contributed by atoms with Crippen molar-refractivity contribution < 1.29 is 70.0 Å². The van der Waals surface area contributed by atoms with Gasteiger partial charge in [0.15, 0.2) is 12.6 Å². The lowest BCUT2D eigenvalue weighted by atomic mass is 9.47. The summed E-state index contributed by atoms with van der Waals surface area (Å²) in [4.78, 5) is 0. The number of hydrogen-bond donors (Lipinski definition) is 10. The number of rotatable bonds is 12. The highest BCUT2D eigenvalue weighted by molar-refractivity contribution is 5.26.